The Kier molecular flexibility index (Phi) is 57.5. The first kappa shape index (κ1) is 67.3. The van der Waals surface area contributed by atoms with Crippen LogP contribution in [0.4, 0.5) is 0 Å². The van der Waals surface area contributed by atoms with Gasteiger partial charge >= 0.3 is 5.97 Å². The van der Waals surface area contributed by atoms with E-state index in [1.165, 1.54) is 257 Å². The smallest absolute Gasteiger partial charge is 0.305 e. The second kappa shape index (κ2) is 58.9. The lowest BCUT2D eigenvalue weighted by molar-refractivity contribution is -0.143. The Hall–Kier alpha value is -1.66. The fraction of sp³-hybridized carbons (Fsp3) is 0.905. The van der Waals surface area contributed by atoms with Crippen LogP contribution in [0.15, 0.2) is 24.3 Å². The summed E-state index contributed by atoms with van der Waals surface area (Å²) in [6.45, 7) is 4.94. The highest BCUT2D eigenvalue weighted by Crippen LogP contribution is 2.18. The molecule has 0 aliphatic heterocycles. The van der Waals surface area contributed by atoms with Gasteiger partial charge in [-0.15, -0.1) is 0 Å². The van der Waals surface area contributed by atoms with Crippen molar-refractivity contribution in [3.8, 4) is 0 Å². The molecule has 0 saturated heterocycles. The lowest BCUT2D eigenvalue weighted by Gasteiger charge is -2.22. The molecule has 0 saturated carbocycles. The van der Waals surface area contributed by atoms with Gasteiger partial charge in [-0.3, -0.25) is 9.59 Å². The minimum Gasteiger partial charge on any atom is -0.466 e. The van der Waals surface area contributed by atoms with E-state index < -0.39 is 12.1 Å². The average molecular weight is 973 g/mol. The molecule has 0 rings (SSSR count). The summed E-state index contributed by atoms with van der Waals surface area (Å²) in [7, 11) is 0. The Labute approximate surface area is 431 Å². The van der Waals surface area contributed by atoms with Crippen molar-refractivity contribution < 1.29 is 24.5 Å². The first-order valence-corrected chi connectivity index (χ1v) is 31.1. The number of carbonyl (C=O) groups is 2. The number of carbonyl (C=O) groups excluding carboxylic acids is 2. The molecule has 0 bridgehead atoms. The van der Waals surface area contributed by atoms with Crippen LogP contribution in [0, 0.1) is 0 Å². The van der Waals surface area contributed by atoms with Crippen LogP contribution in [0.3, 0.4) is 0 Å². The van der Waals surface area contributed by atoms with E-state index in [1.807, 2.05) is 0 Å². The first-order chi connectivity index (χ1) is 34.0. The van der Waals surface area contributed by atoms with Gasteiger partial charge in [-0.1, -0.05) is 295 Å². The summed E-state index contributed by atoms with van der Waals surface area (Å²) in [6.07, 6.45) is 71.7. The third-order valence-corrected chi connectivity index (χ3v) is 14.5. The zero-order chi connectivity index (χ0) is 50.0. The number of amides is 1. The third kappa shape index (κ3) is 55.5. The Morgan fingerprint density at radius 3 is 1.13 bits per heavy atom. The highest BCUT2D eigenvalue weighted by molar-refractivity contribution is 5.76. The van der Waals surface area contributed by atoms with Crippen LogP contribution < -0.4 is 5.32 Å². The number of esters is 1. The number of aliphatic hydroxyl groups is 2. The lowest BCUT2D eigenvalue weighted by atomic mass is 10.0. The lowest BCUT2D eigenvalue weighted by Crippen LogP contribution is -2.45. The average Bonchev–Trinajstić information content (AvgIpc) is 3.35. The van der Waals surface area contributed by atoms with Gasteiger partial charge in [0.1, 0.15) is 0 Å². The molecule has 6 heteroatoms. The van der Waals surface area contributed by atoms with Crippen molar-refractivity contribution in [2.24, 2.45) is 0 Å². The van der Waals surface area contributed by atoms with E-state index in [2.05, 4.69) is 43.5 Å². The van der Waals surface area contributed by atoms with E-state index in [1.54, 1.807) is 0 Å². The van der Waals surface area contributed by atoms with Crippen LogP contribution in [-0.2, 0) is 14.3 Å². The molecule has 408 valence electrons. The highest BCUT2D eigenvalue weighted by Gasteiger charge is 2.20. The van der Waals surface area contributed by atoms with Crippen molar-refractivity contribution in [3.63, 3.8) is 0 Å². The number of aliphatic hydroxyl groups excluding tert-OH is 2. The molecule has 1 amide bonds. The summed E-state index contributed by atoms with van der Waals surface area (Å²) in [4.78, 5) is 24.6. The zero-order valence-corrected chi connectivity index (χ0v) is 46.6. The molecule has 0 aromatic heterocycles. The molecule has 0 aromatic rings. The maximum atomic E-state index is 12.5. The van der Waals surface area contributed by atoms with Gasteiger partial charge in [0.2, 0.25) is 5.91 Å². The number of hydrogen-bond acceptors (Lipinski definition) is 5. The SMILES string of the molecule is CCCCC/C=C\C/C=C\CCCCCCCCCCCC(=O)OCCCCCCCCCCCCCCCCCCCC(=O)NC(CO)C(O)CCCCCCCCCCCCCCCCCC. The van der Waals surface area contributed by atoms with Crippen LogP contribution in [0.25, 0.3) is 0 Å². The molecule has 3 N–H and O–H groups in total. The van der Waals surface area contributed by atoms with E-state index >= 15 is 0 Å². The van der Waals surface area contributed by atoms with Gasteiger partial charge in [0.15, 0.2) is 0 Å². The third-order valence-electron chi connectivity index (χ3n) is 14.5. The topological polar surface area (TPSA) is 95.9 Å². The van der Waals surface area contributed by atoms with Crippen molar-refractivity contribution in [2.75, 3.05) is 13.2 Å². The number of unbranched alkanes of at least 4 members (excludes halogenated alkanes) is 43. The van der Waals surface area contributed by atoms with Crippen molar-refractivity contribution in [3.05, 3.63) is 24.3 Å². The molecule has 0 radical (unpaired) electrons. The second-order valence-corrected chi connectivity index (χ2v) is 21.4. The second-order valence-electron chi connectivity index (χ2n) is 21.4. The molecule has 2 atom stereocenters. The van der Waals surface area contributed by atoms with Crippen LogP contribution in [-0.4, -0.2) is 47.4 Å². The van der Waals surface area contributed by atoms with E-state index in [0.29, 0.717) is 25.9 Å². The Balaban J connectivity index is 3.40. The molecular weight excluding hydrogens is 851 g/mol. The monoisotopic (exact) mass is 972 g/mol. The summed E-state index contributed by atoms with van der Waals surface area (Å²) < 4.78 is 5.49. The summed E-state index contributed by atoms with van der Waals surface area (Å²) in [5, 5.41) is 23.3. The van der Waals surface area contributed by atoms with Gasteiger partial charge in [-0.25, -0.2) is 0 Å². The predicted molar refractivity (Wildman–Crippen MR) is 301 cm³/mol. The number of allylic oxidation sites excluding steroid dienone is 4. The molecule has 0 fully saturated rings. The van der Waals surface area contributed by atoms with E-state index in [4.69, 9.17) is 4.74 Å². The highest BCUT2D eigenvalue weighted by atomic mass is 16.5. The van der Waals surface area contributed by atoms with Gasteiger partial charge in [0.25, 0.3) is 0 Å². The minimum absolute atomic E-state index is 0.00226. The quantitative estimate of drug-likeness (QED) is 0.0321. The fourth-order valence-corrected chi connectivity index (χ4v) is 9.73. The Bertz CT molecular complexity index is 1080. The molecule has 0 aromatic carbocycles. The number of nitrogens with one attached hydrogen (secondary N) is 1. The summed E-state index contributed by atoms with van der Waals surface area (Å²) in [6, 6.07) is -0.546. The molecule has 0 aliphatic rings. The zero-order valence-electron chi connectivity index (χ0n) is 46.6. The number of hydrogen-bond donors (Lipinski definition) is 3. The largest absolute Gasteiger partial charge is 0.466 e. The molecule has 69 heavy (non-hydrogen) atoms. The maximum absolute atomic E-state index is 12.5. The Morgan fingerprint density at radius 2 is 0.725 bits per heavy atom. The van der Waals surface area contributed by atoms with Gasteiger partial charge < -0.3 is 20.3 Å². The fourth-order valence-electron chi connectivity index (χ4n) is 9.73. The van der Waals surface area contributed by atoms with Crippen molar-refractivity contribution >= 4 is 11.9 Å². The van der Waals surface area contributed by atoms with Crippen LogP contribution >= 0.6 is 0 Å². The normalized spacial score (nSPS) is 12.7. The van der Waals surface area contributed by atoms with Crippen molar-refractivity contribution in [2.45, 2.75) is 353 Å². The van der Waals surface area contributed by atoms with E-state index in [9.17, 15) is 19.8 Å². The van der Waals surface area contributed by atoms with Crippen LogP contribution in [0.2, 0.25) is 0 Å². The van der Waals surface area contributed by atoms with Gasteiger partial charge in [-0.05, 0) is 57.8 Å². The van der Waals surface area contributed by atoms with E-state index in [-0.39, 0.29) is 18.5 Å². The first-order valence-electron chi connectivity index (χ1n) is 31.1. The molecule has 0 aliphatic carbocycles. The summed E-state index contributed by atoms with van der Waals surface area (Å²) in [5.41, 5.74) is 0. The van der Waals surface area contributed by atoms with E-state index in [0.717, 1.165) is 51.4 Å². The molecule has 2 unspecified atom stereocenters. The summed E-state index contributed by atoms with van der Waals surface area (Å²) >= 11 is 0. The predicted octanol–water partition coefficient (Wildman–Crippen LogP) is 19.4. The van der Waals surface area contributed by atoms with Gasteiger partial charge in [0, 0.05) is 12.8 Å². The van der Waals surface area contributed by atoms with Crippen molar-refractivity contribution in [1.29, 1.82) is 0 Å². The summed E-state index contributed by atoms with van der Waals surface area (Å²) in [5.74, 6) is -0.0358. The van der Waals surface area contributed by atoms with Crippen molar-refractivity contribution in [1.82, 2.24) is 5.32 Å². The van der Waals surface area contributed by atoms with Gasteiger partial charge in [0.05, 0.1) is 25.4 Å². The molecule has 6 nitrogen and oxygen atoms in total. The molecular formula is C63H121NO5. The molecule has 0 spiro atoms. The van der Waals surface area contributed by atoms with Gasteiger partial charge in [-0.2, -0.15) is 0 Å². The molecule has 0 heterocycles. The number of rotatable bonds is 58. The standard InChI is InChI=1S/C63H121NO5/c1-3-5-7-9-11-13-15-17-19-21-22-25-29-33-37-41-45-49-53-57-63(68)69-58-54-50-46-42-38-34-30-26-23-24-28-32-36-40-44-48-52-56-62(67)64-60(59-65)61(66)55-51-47-43-39-35-31-27-20-18-16-14-12-10-8-6-4-2/h11,13,17,19,60-61,65-66H,3-10,12,14-16,18,20-59H2,1-2H3,(H,64,67)/b13-11-,19-17-. The Morgan fingerprint density at radius 1 is 0.406 bits per heavy atom. The minimum atomic E-state index is -0.668. The van der Waals surface area contributed by atoms with Crippen LogP contribution in [0.5, 0.6) is 0 Å². The maximum Gasteiger partial charge on any atom is 0.305 e. The van der Waals surface area contributed by atoms with Crippen LogP contribution in [0.1, 0.15) is 341 Å². The number of ether oxygens (including phenoxy) is 1.